The maximum atomic E-state index is 5.63. The average Bonchev–Trinajstić information content (AvgIpc) is 2.31. The van der Waals surface area contributed by atoms with Gasteiger partial charge in [-0.2, -0.15) is 0 Å². The van der Waals surface area contributed by atoms with Crippen LogP contribution in [0, 0.1) is 13.8 Å². The highest BCUT2D eigenvalue weighted by atomic mass is 15.1. The molecule has 0 aliphatic rings. The highest BCUT2D eigenvalue weighted by Gasteiger charge is 2.04. The van der Waals surface area contributed by atoms with Crippen molar-refractivity contribution in [2.24, 2.45) is 0 Å². The lowest BCUT2D eigenvalue weighted by Gasteiger charge is -2.20. The van der Waals surface area contributed by atoms with Crippen LogP contribution in [0.1, 0.15) is 16.8 Å². The minimum Gasteiger partial charge on any atom is -0.397 e. The van der Waals surface area contributed by atoms with Crippen molar-refractivity contribution in [3.8, 4) is 0 Å². The first-order valence-corrected chi connectivity index (χ1v) is 6.04. The molecule has 0 saturated carbocycles. The molecule has 0 unspecified atom stereocenters. The largest absolute Gasteiger partial charge is 0.397 e. The molecule has 2 rings (SSSR count). The van der Waals surface area contributed by atoms with Gasteiger partial charge in [-0.15, -0.1) is 0 Å². The molecule has 1 aromatic heterocycles. The van der Waals surface area contributed by atoms with E-state index in [4.69, 9.17) is 5.73 Å². The van der Waals surface area contributed by atoms with Crippen LogP contribution in [0.25, 0.3) is 0 Å². The standard InChI is InChI=1S/C15H19N3/c1-11-6-12(2)8-15(7-11)18(3)10-14-5-4-13(16)9-17-14/h4-9H,10,16H2,1-3H3. The number of pyridine rings is 1. The number of nitrogen functional groups attached to an aromatic ring is 1. The second-order valence-corrected chi connectivity index (χ2v) is 4.78. The monoisotopic (exact) mass is 241 g/mol. The minimum atomic E-state index is 0.702. The Balaban J connectivity index is 2.16. The molecule has 0 aliphatic heterocycles. The maximum Gasteiger partial charge on any atom is 0.0598 e. The molecule has 0 spiro atoms. The van der Waals surface area contributed by atoms with Gasteiger partial charge >= 0.3 is 0 Å². The number of nitrogens with two attached hydrogens (primary N) is 1. The number of aromatic nitrogens is 1. The lowest BCUT2D eigenvalue weighted by Crippen LogP contribution is -2.17. The Kier molecular flexibility index (Phi) is 3.51. The van der Waals surface area contributed by atoms with Crippen molar-refractivity contribution < 1.29 is 0 Å². The quantitative estimate of drug-likeness (QED) is 0.898. The van der Waals surface area contributed by atoms with E-state index in [1.54, 1.807) is 6.20 Å². The molecule has 0 radical (unpaired) electrons. The van der Waals surface area contributed by atoms with Gasteiger partial charge in [-0.3, -0.25) is 4.98 Å². The number of hydrogen-bond acceptors (Lipinski definition) is 3. The summed E-state index contributed by atoms with van der Waals surface area (Å²) in [6.07, 6.45) is 1.70. The molecule has 94 valence electrons. The number of rotatable bonds is 3. The van der Waals surface area contributed by atoms with Gasteiger partial charge in [0.25, 0.3) is 0 Å². The lowest BCUT2D eigenvalue weighted by molar-refractivity contribution is 0.884. The van der Waals surface area contributed by atoms with E-state index in [-0.39, 0.29) is 0 Å². The molecule has 3 heteroatoms. The van der Waals surface area contributed by atoms with E-state index in [0.717, 1.165) is 12.2 Å². The predicted octanol–water partition coefficient (Wildman–Crippen LogP) is 2.92. The molecule has 18 heavy (non-hydrogen) atoms. The summed E-state index contributed by atoms with van der Waals surface area (Å²) in [5, 5.41) is 0. The Morgan fingerprint density at radius 3 is 2.33 bits per heavy atom. The summed E-state index contributed by atoms with van der Waals surface area (Å²) in [4.78, 5) is 6.51. The normalized spacial score (nSPS) is 10.4. The maximum absolute atomic E-state index is 5.63. The third-order valence-corrected chi connectivity index (χ3v) is 2.89. The summed E-state index contributed by atoms with van der Waals surface area (Å²) >= 11 is 0. The fraction of sp³-hybridized carbons (Fsp3) is 0.267. The zero-order chi connectivity index (χ0) is 13.1. The van der Waals surface area contributed by atoms with Crippen molar-refractivity contribution in [3.05, 3.63) is 53.3 Å². The first-order valence-electron chi connectivity index (χ1n) is 6.04. The highest BCUT2D eigenvalue weighted by Crippen LogP contribution is 2.19. The third kappa shape index (κ3) is 3.00. The molecule has 1 aromatic carbocycles. The van der Waals surface area contributed by atoms with Crippen LogP contribution in [-0.2, 0) is 6.54 Å². The van der Waals surface area contributed by atoms with Crippen molar-refractivity contribution in [3.63, 3.8) is 0 Å². The van der Waals surface area contributed by atoms with E-state index in [1.165, 1.54) is 16.8 Å². The first kappa shape index (κ1) is 12.4. The van der Waals surface area contributed by atoms with E-state index in [0.29, 0.717) is 5.69 Å². The summed E-state index contributed by atoms with van der Waals surface area (Å²) in [6, 6.07) is 10.4. The van der Waals surface area contributed by atoms with E-state index >= 15 is 0 Å². The van der Waals surface area contributed by atoms with Crippen LogP contribution in [0.3, 0.4) is 0 Å². The molecule has 1 heterocycles. The van der Waals surface area contributed by atoms with Gasteiger partial charge < -0.3 is 10.6 Å². The Morgan fingerprint density at radius 2 is 1.78 bits per heavy atom. The van der Waals surface area contributed by atoms with Crippen molar-refractivity contribution >= 4 is 11.4 Å². The number of anilines is 2. The molecule has 0 saturated heterocycles. The van der Waals surface area contributed by atoms with Crippen molar-refractivity contribution in [1.29, 1.82) is 0 Å². The van der Waals surface area contributed by atoms with Crippen LogP contribution < -0.4 is 10.6 Å². The van der Waals surface area contributed by atoms with Gasteiger partial charge in [0.1, 0.15) is 0 Å². The second-order valence-electron chi connectivity index (χ2n) is 4.78. The van der Waals surface area contributed by atoms with Crippen LogP contribution >= 0.6 is 0 Å². The van der Waals surface area contributed by atoms with Gasteiger partial charge in [0, 0.05) is 12.7 Å². The van der Waals surface area contributed by atoms with Gasteiger partial charge in [-0.1, -0.05) is 6.07 Å². The molecule has 0 bridgehead atoms. The topological polar surface area (TPSA) is 42.1 Å². The average molecular weight is 241 g/mol. The van der Waals surface area contributed by atoms with Crippen molar-refractivity contribution in [1.82, 2.24) is 4.98 Å². The smallest absolute Gasteiger partial charge is 0.0598 e. The van der Waals surface area contributed by atoms with E-state index in [1.807, 2.05) is 12.1 Å². The van der Waals surface area contributed by atoms with Crippen molar-refractivity contribution in [2.75, 3.05) is 17.7 Å². The van der Waals surface area contributed by atoms with E-state index in [2.05, 4.69) is 49.0 Å². The Hall–Kier alpha value is -2.03. The Labute approximate surface area is 108 Å². The minimum absolute atomic E-state index is 0.702. The van der Waals surface area contributed by atoms with Crippen LogP contribution in [0.5, 0.6) is 0 Å². The summed E-state index contributed by atoms with van der Waals surface area (Å²) in [6.45, 7) is 5.01. The van der Waals surface area contributed by atoms with Crippen LogP contribution in [0.2, 0.25) is 0 Å². The molecule has 0 fully saturated rings. The molecule has 0 aliphatic carbocycles. The van der Waals surface area contributed by atoms with Gasteiger partial charge in [0.05, 0.1) is 24.1 Å². The molecule has 2 aromatic rings. The van der Waals surface area contributed by atoms with Crippen LogP contribution in [0.15, 0.2) is 36.5 Å². The molecular weight excluding hydrogens is 222 g/mol. The highest BCUT2D eigenvalue weighted by molar-refractivity contribution is 5.50. The lowest BCUT2D eigenvalue weighted by atomic mass is 10.1. The molecule has 0 atom stereocenters. The van der Waals surface area contributed by atoms with Gasteiger partial charge in [0.15, 0.2) is 0 Å². The zero-order valence-corrected chi connectivity index (χ0v) is 11.1. The molecular formula is C15H19N3. The summed E-state index contributed by atoms with van der Waals surface area (Å²) in [5.41, 5.74) is 11.1. The molecule has 0 amide bonds. The summed E-state index contributed by atoms with van der Waals surface area (Å²) in [5.74, 6) is 0. The van der Waals surface area contributed by atoms with Gasteiger partial charge in [-0.05, 0) is 49.2 Å². The fourth-order valence-electron chi connectivity index (χ4n) is 2.03. The number of aryl methyl sites for hydroxylation is 2. The van der Waals surface area contributed by atoms with Crippen molar-refractivity contribution in [2.45, 2.75) is 20.4 Å². The molecule has 2 N–H and O–H groups in total. The number of nitrogens with zero attached hydrogens (tertiary/aromatic N) is 2. The number of hydrogen-bond donors (Lipinski definition) is 1. The third-order valence-electron chi connectivity index (χ3n) is 2.89. The van der Waals surface area contributed by atoms with Gasteiger partial charge in [-0.25, -0.2) is 0 Å². The van der Waals surface area contributed by atoms with E-state index in [9.17, 15) is 0 Å². The number of benzene rings is 1. The summed E-state index contributed by atoms with van der Waals surface area (Å²) in [7, 11) is 2.08. The van der Waals surface area contributed by atoms with Crippen LogP contribution in [-0.4, -0.2) is 12.0 Å². The first-order chi connectivity index (χ1) is 8.54. The predicted molar refractivity (Wildman–Crippen MR) is 76.7 cm³/mol. The van der Waals surface area contributed by atoms with Crippen LogP contribution in [0.4, 0.5) is 11.4 Å². The fourth-order valence-corrected chi connectivity index (χ4v) is 2.03. The molecule has 3 nitrogen and oxygen atoms in total. The summed E-state index contributed by atoms with van der Waals surface area (Å²) < 4.78 is 0. The Morgan fingerprint density at radius 1 is 1.11 bits per heavy atom. The Bertz CT molecular complexity index is 512. The second kappa shape index (κ2) is 5.08. The van der Waals surface area contributed by atoms with E-state index < -0.39 is 0 Å². The van der Waals surface area contributed by atoms with Gasteiger partial charge in [0.2, 0.25) is 0 Å². The zero-order valence-electron chi connectivity index (χ0n) is 11.1. The SMILES string of the molecule is Cc1cc(C)cc(N(C)Cc2ccc(N)cn2)c1.